The second-order valence-electron chi connectivity index (χ2n) is 10.5. The molecule has 224 valence electrons. The first-order chi connectivity index (χ1) is 20.6. The van der Waals surface area contributed by atoms with Crippen molar-refractivity contribution < 1.29 is 24.0 Å². The highest BCUT2D eigenvalue weighted by Crippen LogP contribution is 2.12. The molecule has 7 heteroatoms. The van der Waals surface area contributed by atoms with E-state index in [4.69, 9.17) is 9.57 Å². The molecule has 0 radical (unpaired) electrons. The molecular weight excluding hydrogens is 528 g/mol. The summed E-state index contributed by atoms with van der Waals surface area (Å²) in [5.74, 6) is -1.13. The van der Waals surface area contributed by atoms with Gasteiger partial charge in [-0.25, -0.2) is 5.48 Å². The molecule has 0 aliphatic carbocycles. The van der Waals surface area contributed by atoms with Crippen LogP contribution in [0.15, 0.2) is 91.0 Å². The van der Waals surface area contributed by atoms with Crippen LogP contribution < -0.4 is 10.8 Å². The molecule has 1 atom stereocenters. The summed E-state index contributed by atoms with van der Waals surface area (Å²) in [6, 6.07) is 28.5. The lowest BCUT2D eigenvalue weighted by Crippen LogP contribution is -2.46. The van der Waals surface area contributed by atoms with Gasteiger partial charge in [0.2, 0.25) is 5.91 Å². The van der Waals surface area contributed by atoms with Gasteiger partial charge in [-0.15, -0.1) is 0 Å². The Labute approximate surface area is 250 Å². The number of carbonyl (C=O) groups excluding carboxylic acids is 3. The summed E-state index contributed by atoms with van der Waals surface area (Å²) in [5, 5.41) is 2.79. The van der Waals surface area contributed by atoms with Crippen molar-refractivity contribution in [3.05, 3.63) is 108 Å². The fourth-order valence-corrected chi connectivity index (χ4v) is 4.59. The minimum absolute atomic E-state index is 0.00580. The van der Waals surface area contributed by atoms with Crippen LogP contribution in [0, 0.1) is 0 Å². The van der Waals surface area contributed by atoms with Crippen molar-refractivity contribution in [2.75, 3.05) is 0 Å². The number of aryl methyl sites for hydroxylation is 1. The largest absolute Gasteiger partial charge is 0.461 e. The van der Waals surface area contributed by atoms with Crippen LogP contribution >= 0.6 is 0 Å². The lowest BCUT2D eigenvalue weighted by Gasteiger charge is -2.18. The molecule has 0 unspecified atom stereocenters. The van der Waals surface area contributed by atoms with Crippen molar-refractivity contribution in [2.24, 2.45) is 0 Å². The van der Waals surface area contributed by atoms with Crippen molar-refractivity contribution >= 4 is 17.8 Å². The molecule has 42 heavy (non-hydrogen) atoms. The molecule has 0 bridgehead atoms. The van der Waals surface area contributed by atoms with Gasteiger partial charge in [-0.2, -0.15) is 0 Å². The van der Waals surface area contributed by atoms with Crippen LogP contribution in [0.1, 0.15) is 80.9 Å². The number of hydroxylamine groups is 1. The third kappa shape index (κ3) is 14.1. The Morgan fingerprint density at radius 2 is 1.12 bits per heavy atom. The molecule has 0 saturated heterocycles. The normalized spacial score (nSPS) is 11.4. The highest BCUT2D eigenvalue weighted by molar-refractivity contribution is 5.87. The maximum Gasteiger partial charge on any atom is 0.306 e. The minimum Gasteiger partial charge on any atom is -0.461 e. The first-order valence-corrected chi connectivity index (χ1v) is 15.1. The van der Waals surface area contributed by atoms with E-state index in [2.05, 4.69) is 35.1 Å². The molecule has 0 fully saturated rings. The highest BCUT2D eigenvalue weighted by Gasteiger charge is 2.22. The van der Waals surface area contributed by atoms with E-state index in [1.54, 1.807) is 0 Å². The predicted octanol–water partition coefficient (Wildman–Crippen LogP) is 6.61. The number of nitrogens with one attached hydrogen (secondary N) is 2. The number of carbonyl (C=O) groups is 3. The van der Waals surface area contributed by atoms with Gasteiger partial charge in [0.05, 0.1) is 6.61 Å². The van der Waals surface area contributed by atoms with Crippen molar-refractivity contribution in [3.8, 4) is 0 Å². The van der Waals surface area contributed by atoms with Crippen LogP contribution in [0.5, 0.6) is 0 Å². The first kappa shape index (κ1) is 32.5. The highest BCUT2D eigenvalue weighted by atomic mass is 16.6. The third-order valence-corrected chi connectivity index (χ3v) is 7.00. The van der Waals surface area contributed by atoms with Crippen LogP contribution in [0.4, 0.5) is 0 Å². The van der Waals surface area contributed by atoms with Gasteiger partial charge in [0.1, 0.15) is 12.6 Å². The van der Waals surface area contributed by atoms with Crippen LogP contribution in [0.3, 0.4) is 0 Å². The Morgan fingerprint density at radius 1 is 0.595 bits per heavy atom. The fraction of sp³-hybridized carbons (Fsp3) is 0.400. The molecule has 3 aromatic carbocycles. The maximum atomic E-state index is 12.8. The van der Waals surface area contributed by atoms with Crippen molar-refractivity contribution in [3.63, 3.8) is 0 Å². The number of hydrogen-bond acceptors (Lipinski definition) is 5. The number of esters is 1. The van der Waals surface area contributed by atoms with Crippen molar-refractivity contribution in [1.29, 1.82) is 0 Å². The van der Waals surface area contributed by atoms with Crippen LogP contribution in [-0.2, 0) is 43.6 Å². The predicted molar refractivity (Wildman–Crippen MR) is 164 cm³/mol. The van der Waals surface area contributed by atoms with E-state index in [1.165, 1.54) is 24.8 Å². The van der Waals surface area contributed by atoms with E-state index in [1.807, 2.05) is 66.7 Å². The van der Waals surface area contributed by atoms with Gasteiger partial charge in [-0.1, -0.05) is 123 Å². The van der Waals surface area contributed by atoms with Crippen LogP contribution in [0.25, 0.3) is 0 Å². The maximum absolute atomic E-state index is 12.8. The lowest BCUT2D eigenvalue weighted by molar-refractivity contribution is -0.146. The van der Waals surface area contributed by atoms with E-state index < -0.39 is 17.9 Å². The van der Waals surface area contributed by atoms with Crippen molar-refractivity contribution in [1.82, 2.24) is 10.8 Å². The zero-order chi connectivity index (χ0) is 29.7. The van der Waals surface area contributed by atoms with Crippen LogP contribution in [0.2, 0.25) is 0 Å². The molecule has 0 saturated carbocycles. The number of rotatable bonds is 20. The average Bonchev–Trinajstić information content (AvgIpc) is 3.02. The van der Waals surface area contributed by atoms with E-state index in [0.29, 0.717) is 6.42 Å². The Bertz CT molecular complexity index is 1170. The molecular formula is C35H44N2O5. The lowest BCUT2D eigenvalue weighted by atomic mass is 10.0. The zero-order valence-electron chi connectivity index (χ0n) is 24.5. The summed E-state index contributed by atoms with van der Waals surface area (Å²) < 4.78 is 5.34. The smallest absolute Gasteiger partial charge is 0.306 e. The van der Waals surface area contributed by atoms with Gasteiger partial charge in [-0.05, 0) is 42.4 Å². The number of unbranched alkanes of at least 4 members (excludes halogenated alkanes) is 6. The van der Waals surface area contributed by atoms with Gasteiger partial charge < -0.3 is 10.1 Å². The molecule has 0 heterocycles. The molecule has 0 aliphatic heterocycles. The summed E-state index contributed by atoms with van der Waals surface area (Å²) in [5.41, 5.74) is 5.60. The first-order valence-electron chi connectivity index (χ1n) is 15.1. The fourth-order valence-electron chi connectivity index (χ4n) is 4.59. The van der Waals surface area contributed by atoms with Gasteiger partial charge >= 0.3 is 5.97 Å². The second-order valence-corrected chi connectivity index (χ2v) is 10.5. The summed E-state index contributed by atoms with van der Waals surface area (Å²) in [6.45, 7) is 0.356. The average molecular weight is 573 g/mol. The molecule has 7 nitrogen and oxygen atoms in total. The summed E-state index contributed by atoms with van der Waals surface area (Å²) >= 11 is 0. The van der Waals surface area contributed by atoms with E-state index in [-0.39, 0.29) is 32.0 Å². The van der Waals surface area contributed by atoms with Crippen LogP contribution in [-0.4, -0.2) is 23.8 Å². The summed E-state index contributed by atoms with van der Waals surface area (Å²) in [6.07, 6.45) is 9.15. The molecule has 0 aromatic heterocycles. The quantitative estimate of drug-likeness (QED) is 0.0903. The molecule has 0 spiro atoms. The van der Waals surface area contributed by atoms with Crippen molar-refractivity contribution in [2.45, 2.75) is 89.9 Å². The van der Waals surface area contributed by atoms with Gasteiger partial charge in [0, 0.05) is 12.8 Å². The van der Waals surface area contributed by atoms with Gasteiger partial charge in [0.15, 0.2) is 0 Å². The van der Waals surface area contributed by atoms with E-state index in [0.717, 1.165) is 43.2 Å². The number of ether oxygens (including phenoxy) is 1. The van der Waals surface area contributed by atoms with Gasteiger partial charge in [0.25, 0.3) is 5.91 Å². The molecule has 0 aliphatic rings. The topological polar surface area (TPSA) is 93.7 Å². The number of benzene rings is 3. The number of amides is 2. The molecule has 2 amide bonds. The summed E-state index contributed by atoms with van der Waals surface area (Å²) in [7, 11) is 0. The Morgan fingerprint density at radius 3 is 1.74 bits per heavy atom. The molecule has 3 rings (SSSR count). The zero-order valence-corrected chi connectivity index (χ0v) is 24.5. The minimum atomic E-state index is -0.901. The molecule has 2 N–H and O–H groups in total. The standard InChI is InChI=1S/C35H44N2O5/c38-33(24-16-5-3-1-2-4-9-17-29-18-10-6-11-19-29)36-32(35(40)37-42-28-31-22-14-8-15-23-31)25-26-34(39)41-27-30-20-12-7-13-21-30/h6-8,10-15,18-23,32H,1-5,9,16-17,24-28H2,(H,36,38)(H,37,40)/t32-/m1/s1. The Balaban J connectivity index is 1.34. The van der Waals surface area contributed by atoms with E-state index in [9.17, 15) is 14.4 Å². The SMILES string of the molecule is O=C(CCCCCCCCCc1ccccc1)N[C@H](CCC(=O)OCc1ccccc1)C(=O)NOCc1ccccc1. The third-order valence-electron chi connectivity index (χ3n) is 7.00. The van der Waals surface area contributed by atoms with Gasteiger partial charge in [-0.3, -0.25) is 19.2 Å². The monoisotopic (exact) mass is 572 g/mol. The van der Waals surface area contributed by atoms with E-state index >= 15 is 0 Å². The summed E-state index contributed by atoms with van der Waals surface area (Å²) in [4.78, 5) is 43.2. The molecule has 3 aromatic rings. The Hall–Kier alpha value is -3.97. The second kappa shape index (κ2) is 20.0. The Kier molecular flexibility index (Phi) is 15.5. The number of hydrogen-bond donors (Lipinski definition) is 2.